The third-order valence-corrected chi connectivity index (χ3v) is 3.60. The lowest BCUT2D eigenvalue weighted by Gasteiger charge is -2.09. The summed E-state index contributed by atoms with van der Waals surface area (Å²) >= 11 is 3.27. The van der Waals surface area contributed by atoms with E-state index in [-0.39, 0.29) is 11.5 Å². The maximum Gasteiger partial charge on any atom is 0.335 e. The number of aromatic carboxylic acids is 1. The summed E-state index contributed by atoms with van der Waals surface area (Å²) in [5.41, 5.74) is 3.29. The van der Waals surface area contributed by atoms with Crippen LogP contribution in [0.1, 0.15) is 31.8 Å². The Balaban J connectivity index is 2.25. The predicted molar refractivity (Wildman–Crippen MR) is 85.0 cm³/mol. The molecule has 21 heavy (non-hydrogen) atoms. The molecule has 0 heterocycles. The number of aryl methyl sites for hydroxylation is 2. The first-order valence-corrected chi connectivity index (χ1v) is 7.08. The monoisotopic (exact) mass is 347 g/mol. The summed E-state index contributed by atoms with van der Waals surface area (Å²) in [4.78, 5) is 23.1. The van der Waals surface area contributed by atoms with Gasteiger partial charge in [-0.25, -0.2) is 4.79 Å². The summed E-state index contributed by atoms with van der Waals surface area (Å²) in [5.74, 6) is -1.24. The Hall–Kier alpha value is -2.14. The number of hydrogen-bond acceptors (Lipinski definition) is 2. The highest BCUT2D eigenvalue weighted by atomic mass is 79.9. The summed E-state index contributed by atoms with van der Waals surface area (Å²) in [6.07, 6.45) is 0. The van der Waals surface area contributed by atoms with Crippen molar-refractivity contribution >= 4 is 33.5 Å². The first-order chi connectivity index (χ1) is 9.86. The molecule has 0 bridgehead atoms. The third kappa shape index (κ3) is 3.70. The number of benzene rings is 2. The molecule has 1 amide bonds. The van der Waals surface area contributed by atoms with Gasteiger partial charge in [-0.05, 0) is 60.1 Å². The van der Waals surface area contributed by atoms with Crippen LogP contribution < -0.4 is 5.32 Å². The normalized spacial score (nSPS) is 10.2. The number of rotatable bonds is 3. The third-order valence-electron chi connectivity index (χ3n) is 2.95. The fraction of sp³-hybridized carbons (Fsp3) is 0.125. The Morgan fingerprint density at radius 3 is 2.14 bits per heavy atom. The molecular formula is C16H14BrNO3. The van der Waals surface area contributed by atoms with Gasteiger partial charge < -0.3 is 10.4 Å². The van der Waals surface area contributed by atoms with Crippen LogP contribution in [-0.4, -0.2) is 17.0 Å². The molecule has 2 aromatic rings. The number of carboxylic acids is 1. The molecule has 0 unspecified atom stereocenters. The first-order valence-electron chi connectivity index (χ1n) is 6.29. The van der Waals surface area contributed by atoms with Crippen LogP contribution in [0.2, 0.25) is 0 Å². The second-order valence-corrected chi connectivity index (χ2v) is 5.68. The molecule has 2 N–H and O–H groups in total. The number of hydrogen-bond donors (Lipinski definition) is 2. The van der Waals surface area contributed by atoms with Gasteiger partial charge in [-0.15, -0.1) is 0 Å². The highest BCUT2D eigenvalue weighted by molar-refractivity contribution is 9.10. The lowest BCUT2D eigenvalue weighted by Crippen LogP contribution is -2.13. The van der Waals surface area contributed by atoms with E-state index in [1.807, 2.05) is 32.0 Å². The highest BCUT2D eigenvalue weighted by Gasteiger charge is 2.11. The van der Waals surface area contributed by atoms with Gasteiger partial charge in [-0.2, -0.15) is 0 Å². The van der Waals surface area contributed by atoms with Gasteiger partial charge in [-0.3, -0.25) is 4.79 Å². The lowest BCUT2D eigenvalue weighted by molar-refractivity contribution is 0.0696. The Kier molecular flexibility index (Phi) is 4.43. The van der Waals surface area contributed by atoms with Crippen LogP contribution >= 0.6 is 15.9 Å². The van der Waals surface area contributed by atoms with Crippen molar-refractivity contribution in [2.45, 2.75) is 13.8 Å². The molecule has 4 nitrogen and oxygen atoms in total. The van der Waals surface area contributed by atoms with E-state index in [0.29, 0.717) is 15.7 Å². The summed E-state index contributed by atoms with van der Waals surface area (Å²) < 4.78 is 0.528. The quantitative estimate of drug-likeness (QED) is 0.881. The molecule has 0 fully saturated rings. The van der Waals surface area contributed by atoms with E-state index in [9.17, 15) is 9.59 Å². The van der Waals surface area contributed by atoms with Crippen LogP contribution in [0.25, 0.3) is 0 Å². The molecular weight excluding hydrogens is 334 g/mol. The number of nitrogens with one attached hydrogen (secondary N) is 1. The predicted octanol–water partition coefficient (Wildman–Crippen LogP) is 4.02. The minimum atomic E-state index is -1.01. The van der Waals surface area contributed by atoms with Crippen molar-refractivity contribution in [3.63, 3.8) is 0 Å². The van der Waals surface area contributed by atoms with E-state index in [2.05, 4.69) is 21.2 Å². The smallest absolute Gasteiger partial charge is 0.335 e. The van der Waals surface area contributed by atoms with Crippen molar-refractivity contribution in [2.75, 3.05) is 5.32 Å². The van der Waals surface area contributed by atoms with Crippen LogP contribution in [0.4, 0.5) is 5.69 Å². The minimum Gasteiger partial charge on any atom is -0.478 e. The molecule has 2 aromatic carbocycles. The first kappa shape index (κ1) is 15.3. The summed E-state index contributed by atoms with van der Waals surface area (Å²) in [5, 5.41) is 11.7. The Morgan fingerprint density at radius 1 is 1.00 bits per heavy atom. The van der Waals surface area contributed by atoms with Crippen molar-refractivity contribution in [3.8, 4) is 0 Å². The maximum atomic E-state index is 12.2. The Bertz CT molecular complexity index is 705. The van der Waals surface area contributed by atoms with Gasteiger partial charge in [-0.1, -0.05) is 17.2 Å². The number of carbonyl (C=O) groups is 2. The molecule has 5 heteroatoms. The highest BCUT2D eigenvalue weighted by Crippen LogP contribution is 2.24. The molecule has 0 aliphatic rings. The molecule has 0 spiro atoms. The largest absolute Gasteiger partial charge is 0.478 e. The molecule has 0 atom stereocenters. The van der Waals surface area contributed by atoms with Gasteiger partial charge in [0.05, 0.1) is 11.3 Å². The lowest BCUT2D eigenvalue weighted by atomic mass is 10.1. The van der Waals surface area contributed by atoms with Crippen LogP contribution in [-0.2, 0) is 0 Å². The second-order valence-electron chi connectivity index (χ2n) is 4.83. The van der Waals surface area contributed by atoms with Crippen molar-refractivity contribution < 1.29 is 14.7 Å². The zero-order chi connectivity index (χ0) is 15.6. The molecule has 0 aliphatic heterocycles. The Labute approximate surface area is 130 Å². The zero-order valence-electron chi connectivity index (χ0n) is 11.6. The molecule has 0 aromatic heterocycles. The van der Waals surface area contributed by atoms with E-state index in [1.165, 1.54) is 12.1 Å². The number of halogens is 1. The number of carboxylic acid groups (broad SMARTS) is 1. The van der Waals surface area contributed by atoms with Gasteiger partial charge in [0.1, 0.15) is 0 Å². The topological polar surface area (TPSA) is 66.4 Å². The van der Waals surface area contributed by atoms with Gasteiger partial charge in [0.25, 0.3) is 5.91 Å². The van der Waals surface area contributed by atoms with E-state index >= 15 is 0 Å². The molecule has 2 rings (SSSR count). The van der Waals surface area contributed by atoms with Crippen LogP contribution in [0.5, 0.6) is 0 Å². The number of anilines is 1. The minimum absolute atomic E-state index is 0.159. The molecule has 0 radical (unpaired) electrons. The fourth-order valence-corrected chi connectivity index (χ4v) is 2.53. The average molecular weight is 348 g/mol. The molecule has 0 saturated heterocycles. The van der Waals surface area contributed by atoms with E-state index < -0.39 is 5.97 Å². The van der Waals surface area contributed by atoms with Crippen molar-refractivity contribution in [1.29, 1.82) is 0 Å². The van der Waals surface area contributed by atoms with Crippen molar-refractivity contribution in [1.82, 2.24) is 0 Å². The van der Waals surface area contributed by atoms with Crippen LogP contribution in [0.15, 0.2) is 40.9 Å². The van der Waals surface area contributed by atoms with Gasteiger partial charge in [0.2, 0.25) is 0 Å². The zero-order valence-corrected chi connectivity index (χ0v) is 13.2. The van der Waals surface area contributed by atoms with E-state index in [1.54, 1.807) is 6.07 Å². The van der Waals surface area contributed by atoms with Gasteiger partial charge in [0, 0.05) is 10.0 Å². The summed E-state index contributed by atoms with van der Waals surface area (Å²) in [7, 11) is 0. The van der Waals surface area contributed by atoms with E-state index in [4.69, 9.17) is 5.11 Å². The van der Waals surface area contributed by atoms with Gasteiger partial charge >= 0.3 is 5.97 Å². The number of carbonyl (C=O) groups excluding carboxylic acids is 1. The molecule has 0 saturated carbocycles. The summed E-state index contributed by atoms with van der Waals surface area (Å²) in [6.45, 7) is 3.86. The van der Waals surface area contributed by atoms with Crippen molar-refractivity contribution in [3.05, 3.63) is 63.1 Å². The fourth-order valence-electron chi connectivity index (χ4n) is 2.05. The van der Waals surface area contributed by atoms with E-state index in [0.717, 1.165) is 11.1 Å². The van der Waals surface area contributed by atoms with Crippen LogP contribution in [0, 0.1) is 13.8 Å². The maximum absolute atomic E-state index is 12.2. The average Bonchev–Trinajstić information content (AvgIpc) is 2.39. The Morgan fingerprint density at radius 2 is 1.62 bits per heavy atom. The van der Waals surface area contributed by atoms with Crippen LogP contribution in [0.3, 0.4) is 0 Å². The summed E-state index contributed by atoms with van der Waals surface area (Å²) in [6, 6.07) is 10.1. The van der Waals surface area contributed by atoms with Crippen molar-refractivity contribution in [2.24, 2.45) is 0 Å². The molecule has 0 aliphatic carbocycles. The number of amides is 1. The SMILES string of the molecule is Cc1cc(C)cc(C(=O)Nc2ccc(C(=O)O)cc2Br)c1. The standard InChI is InChI=1S/C16H14BrNO3/c1-9-5-10(2)7-12(6-9)15(19)18-14-4-3-11(16(20)21)8-13(14)17/h3-8H,1-2H3,(H,18,19)(H,20,21). The molecule has 108 valence electrons. The van der Waals surface area contributed by atoms with Gasteiger partial charge in [0.15, 0.2) is 0 Å². The second kappa shape index (κ2) is 6.10.